The van der Waals surface area contributed by atoms with Crippen LogP contribution in [0.3, 0.4) is 0 Å². The minimum Gasteiger partial charge on any atom is -0.369 e. The first-order chi connectivity index (χ1) is 9.49. The lowest BCUT2D eigenvalue weighted by Crippen LogP contribution is -2.39. The van der Waals surface area contributed by atoms with E-state index in [1.807, 2.05) is 18.7 Å². The van der Waals surface area contributed by atoms with Gasteiger partial charge in [-0.1, -0.05) is 13.8 Å². The zero-order valence-corrected chi connectivity index (χ0v) is 12.0. The third-order valence-electron chi connectivity index (χ3n) is 3.68. The predicted molar refractivity (Wildman–Crippen MR) is 79.3 cm³/mol. The Labute approximate surface area is 119 Å². The van der Waals surface area contributed by atoms with Gasteiger partial charge in [0.25, 0.3) is 0 Å². The summed E-state index contributed by atoms with van der Waals surface area (Å²) in [5, 5.41) is 2.66. The number of hydrogen-bond donors (Lipinski definition) is 2. The maximum Gasteiger partial charge on any atom is 0.241 e. The lowest BCUT2D eigenvalue weighted by molar-refractivity contribution is -0.118. The van der Waals surface area contributed by atoms with Crippen LogP contribution in [-0.2, 0) is 4.79 Å². The fraction of sp³-hybridized carbons (Fsp3) is 0.533. The normalized spacial score (nSPS) is 16.6. The molecule has 3 N–H and O–H groups in total. The van der Waals surface area contributed by atoms with E-state index in [1.165, 1.54) is 6.07 Å². The first kappa shape index (κ1) is 14.8. The fourth-order valence-electron chi connectivity index (χ4n) is 2.33. The number of halogens is 1. The summed E-state index contributed by atoms with van der Waals surface area (Å²) in [5.41, 5.74) is 6.82. The van der Waals surface area contributed by atoms with Crippen LogP contribution in [0.15, 0.2) is 18.2 Å². The molecule has 1 atom stereocenters. The fourth-order valence-corrected chi connectivity index (χ4v) is 2.33. The molecule has 4 nitrogen and oxygen atoms in total. The third-order valence-corrected chi connectivity index (χ3v) is 3.68. The summed E-state index contributed by atoms with van der Waals surface area (Å²) in [6.07, 6.45) is 2.20. The number of hydrogen-bond acceptors (Lipinski definition) is 3. The van der Waals surface area contributed by atoms with Gasteiger partial charge in [0.2, 0.25) is 5.91 Å². The van der Waals surface area contributed by atoms with Crippen LogP contribution in [-0.4, -0.2) is 25.0 Å². The van der Waals surface area contributed by atoms with Gasteiger partial charge in [-0.2, -0.15) is 0 Å². The minimum atomic E-state index is -0.587. The van der Waals surface area contributed by atoms with Gasteiger partial charge in [-0.3, -0.25) is 4.79 Å². The lowest BCUT2D eigenvalue weighted by atomic mass is 10.0. The number of carbonyl (C=O) groups is 1. The highest BCUT2D eigenvalue weighted by molar-refractivity contribution is 5.95. The number of nitrogens with zero attached hydrogens (tertiary/aromatic N) is 1. The van der Waals surface area contributed by atoms with Crippen LogP contribution < -0.4 is 16.0 Å². The van der Waals surface area contributed by atoms with E-state index < -0.39 is 6.04 Å². The second-order valence-electron chi connectivity index (χ2n) is 5.62. The molecule has 1 fully saturated rings. The molecule has 0 unspecified atom stereocenters. The Hall–Kier alpha value is -1.62. The van der Waals surface area contributed by atoms with Crippen LogP contribution in [0.2, 0.25) is 0 Å². The number of carbonyl (C=O) groups excluding carboxylic acids is 1. The molecule has 5 heteroatoms. The van der Waals surface area contributed by atoms with E-state index in [4.69, 9.17) is 5.73 Å². The number of benzene rings is 1. The number of rotatable bonds is 4. The molecule has 0 aliphatic carbocycles. The number of nitrogens with one attached hydrogen (secondary N) is 1. The van der Waals surface area contributed by atoms with Gasteiger partial charge < -0.3 is 16.0 Å². The molecule has 1 aliphatic rings. The van der Waals surface area contributed by atoms with E-state index in [9.17, 15) is 9.18 Å². The standard InChI is InChI=1S/C15H22FN3O/c1-10(2)14(17)15(20)18-11-5-6-13(12(16)9-11)19-7-3-4-8-19/h5-6,9-10,14H,3-4,7-8,17H2,1-2H3,(H,18,20)/t14-/m0/s1. The van der Waals surface area contributed by atoms with Gasteiger partial charge >= 0.3 is 0 Å². The molecule has 0 bridgehead atoms. The van der Waals surface area contributed by atoms with E-state index in [0.717, 1.165) is 25.9 Å². The van der Waals surface area contributed by atoms with Crippen LogP contribution in [0.5, 0.6) is 0 Å². The Bertz CT molecular complexity index is 484. The third kappa shape index (κ3) is 3.28. The van der Waals surface area contributed by atoms with Crippen LogP contribution in [0.25, 0.3) is 0 Å². The van der Waals surface area contributed by atoms with Crippen molar-refractivity contribution in [1.82, 2.24) is 0 Å². The van der Waals surface area contributed by atoms with E-state index in [0.29, 0.717) is 11.4 Å². The lowest BCUT2D eigenvalue weighted by Gasteiger charge is -2.19. The van der Waals surface area contributed by atoms with Crippen molar-refractivity contribution in [3.63, 3.8) is 0 Å². The van der Waals surface area contributed by atoms with Crippen LogP contribution in [0.4, 0.5) is 15.8 Å². The minimum absolute atomic E-state index is 0.0451. The second-order valence-corrected chi connectivity index (χ2v) is 5.62. The van der Waals surface area contributed by atoms with Gasteiger partial charge in [-0.05, 0) is 37.0 Å². The van der Waals surface area contributed by atoms with Crippen molar-refractivity contribution in [2.45, 2.75) is 32.7 Å². The Morgan fingerprint density at radius 1 is 1.35 bits per heavy atom. The van der Waals surface area contributed by atoms with Gasteiger partial charge in [-0.15, -0.1) is 0 Å². The van der Waals surface area contributed by atoms with Gasteiger partial charge in [0, 0.05) is 18.8 Å². The summed E-state index contributed by atoms with van der Waals surface area (Å²) in [7, 11) is 0. The van der Waals surface area contributed by atoms with Crippen molar-refractivity contribution in [2.75, 3.05) is 23.3 Å². The van der Waals surface area contributed by atoms with Crippen molar-refractivity contribution in [3.05, 3.63) is 24.0 Å². The average molecular weight is 279 g/mol. The molecular weight excluding hydrogens is 257 g/mol. The first-order valence-electron chi connectivity index (χ1n) is 7.10. The maximum absolute atomic E-state index is 14.1. The topological polar surface area (TPSA) is 58.4 Å². The molecule has 1 saturated heterocycles. The maximum atomic E-state index is 14.1. The first-order valence-corrected chi connectivity index (χ1v) is 7.10. The number of anilines is 2. The summed E-state index contributed by atoms with van der Waals surface area (Å²) >= 11 is 0. The highest BCUT2D eigenvalue weighted by atomic mass is 19.1. The molecule has 0 aromatic heterocycles. The van der Waals surface area contributed by atoms with Crippen molar-refractivity contribution in [2.24, 2.45) is 11.7 Å². The zero-order valence-electron chi connectivity index (χ0n) is 12.0. The van der Waals surface area contributed by atoms with E-state index in [-0.39, 0.29) is 17.6 Å². The molecule has 1 aliphatic heterocycles. The molecule has 2 rings (SSSR count). The van der Waals surface area contributed by atoms with Crippen LogP contribution in [0.1, 0.15) is 26.7 Å². The van der Waals surface area contributed by atoms with Gasteiger partial charge in [0.15, 0.2) is 0 Å². The summed E-state index contributed by atoms with van der Waals surface area (Å²) in [5.74, 6) is -0.542. The number of amides is 1. The smallest absolute Gasteiger partial charge is 0.241 e. The summed E-state index contributed by atoms with van der Waals surface area (Å²) < 4.78 is 14.1. The zero-order chi connectivity index (χ0) is 14.7. The molecule has 1 aromatic carbocycles. The summed E-state index contributed by atoms with van der Waals surface area (Å²) in [4.78, 5) is 13.9. The van der Waals surface area contributed by atoms with Gasteiger partial charge in [0.05, 0.1) is 11.7 Å². The SMILES string of the molecule is CC(C)[C@H](N)C(=O)Nc1ccc(N2CCCC2)c(F)c1. The largest absolute Gasteiger partial charge is 0.369 e. The molecule has 0 saturated carbocycles. The van der Waals surface area contributed by atoms with Crippen LogP contribution in [0, 0.1) is 11.7 Å². The molecule has 0 spiro atoms. The highest BCUT2D eigenvalue weighted by Crippen LogP contribution is 2.26. The van der Waals surface area contributed by atoms with Crippen molar-refractivity contribution >= 4 is 17.3 Å². The van der Waals surface area contributed by atoms with Crippen molar-refractivity contribution in [3.8, 4) is 0 Å². The van der Waals surface area contributed by atoms with Crippen LogP contribution >= 0.6 is 0 Å². The Kier molecular flexibility index (Phi) is 4.60. The quantitative estimate of drug-likeness (QED) is 0.889. The second kappa shape index (κ2) is 6.22. The predicted octanol–water partition coefficient (Wildman–Crippen LogP) is 2.35. The van der Waals surface area contributed by atoms with E-state index in [2.05, 4.69) is 5.32 Å². The molecule has 110 valence electrons. The highest BCUT2D eigenvalue weighted by Gasteiger charge is 2.19. The van der Waals surface area contributed by atoms with Gasteiger partial charge in [-0.25, -0.2) is 4.39 Å². The Morgan fingerprint density at radius 2 is 2.00 bits per heavy atom. The average Bonchev–Trinajstić information content (AvgIpc) is 2.91. The number of nitrogens with two attached hydrogens (primary N) is 1. The molecular formula is C15H22FN3O. The molecule has 1 aromatic rings. The Morgan fingerprint density at radius 3 is 2.55 bits per heavy atom. The summed E-state index contributed by atoms with van der Waals surface area (Å²) in [6, 6.07) is 4.22. The molecule has 1 amide bonds. The monoisotopic (exact) mass is 279 g/mol. The molecule has 0 radical (unpaired) electrons. The Balaban J connectivity index is 2.07. The summed E-state index contributed by atoms with van der Waals surface area (Å²) in [6.45, 7) is 5.53. The van der Waals surface area contributed by atoms with Crippen molar-refractivity contribution < 1.29 is 9.18 Å². The van der Waals surface area contributed by atoms with Crippen molar-refractivity contribution in [1.29, 1.82) is 0 Å². The van der Waals surface area contributed by atoms with Gasteiger partial charge in [0.1, 0.15) is 5.82 Å². The van der Waals surface area contributed by atoms with E-state index >= 15 is 0 Å². The molecule has 1 heterocycles. The molecule has 20 heavy (non-hydrogen) atoms. The van der Waals surface area contributed by atoms with E-state index in [1.54, 1.807) is 12.1 Å².